The number of hydrogen-bond acceptors (Lipinski definition) is 3. The molecule has 0 spiro atoms. The van der Waals surface area contributed by atoms with E-state index in [0.29, 0.717) is 17.3 Å². The maximum atomic E-state index is 12.0. The minimum Gasteiger partial charge on any atom is -0.483 e. The number of benzene rings is 1. The molecule has 106 valence electrons. The van der Waals surface area contributed by atoms with Crippen molar-refractivity contribution in [2.45, 2.75) is 13.5 Å². The number of carbonyl (C=O) groups is 1. The van der Waals surface area contributed by atoms with Gasteiger partial charge in [-0.1, -0.05) is 11.6 Å². The lowest BCUT2D eigenvalue weighted by atomic mass is 10.2. The van der Waals surface area contributed by atoms with Gasteiger partial charge in [0.05, 0.1) is 12.8 Å². The standard InChI is InChI=1S/C15H16ClNO3/c1-11-8-12(16)5-6-14(11)20-10-15(18)17(2)9-13-4-3-7-19-13/h3-8H,9-10H2,1-2H3. The molecule has 0 fully saturated rings. The van der Waals surface area contributed by atoms with Crippen LogP contribution in [0.1, 0.15) is 11.3 Å². The molecule has 1 aromatic carbocycles. The molecule has 0 aliphatic carbocycles. The van der Waals surface area contributed by atoms with Gasteiger partial charge in [-0.05, 0) is 42.8 Å². The van der Waals surface area contributed by atoms with Crippen LogP contribution in [-0.2, 0) is 11.3 Å². The van der Waals surface area contributed by atoms with Crippen LogP contribution in [0, 0.1) is 6.92 Å². The topological polar surface area (TPSA) is 42.7 Å². The van der Waals surface area contributed by atoms with Crippen molar-refractivity contribution in [3.8, 4) is 5.75 Å². The van der Waals surface area contributed by atoms with Crippen molar-refractivity contribution in [3.05, 3.63) is 52.9 Å². The molecule has 0 bridgehead atoms. The van der Waals surface area contributed by atoms with Gasteiger partial charge in [-0.15, -0.1) is 0 Å². The molecule has 2 aromatic rings. The Balaban J connectivity index is 1.88. The number of nitrogens with zero attached hydrogens (tertiary/aromatic N) is 1. The number of rotatable bonds is 5. The summed E-state index contributed by atoms with van der Waals surface area (Å²) >= 11 is 5.87. The predicted molar refractivity (Wildman–Crippen MR) is 76.9 cm³/mol. The van der Waals surface area contributed by atoms with E-state index in [-0.39, 0.29) is 12.5 Å². The summed E-state index contributed by atoms with van der Waals surface area (Å²) < 4.78 is 10.7. The fourth-order valence-electron chi connectivity index (χ4n) is 1.75. The van der Waals surface area contributed by atoms with Gasteiger partial charge in [0.25, 0.3) is 5.91 Å². The van der Waals surface area contributed by atoms with Gasteiger partial charge >= 0.3 is 0 Å². The summed E-state index contributed by atoms with van der Waals surface area (Å²) in [6.07, 6.45) is 1.58. The van der Waals surface area contributed by atoms with Crippen LogP contribution in [0.4, 0.5) is 0 Å². The number of likely N-dealkylation sites (N-methyl/N-ethyl adjacent to an activating group) is 1. The average molecular weight is 294 g/mol. The molecule has 0 aliphatic rings. The number of ether oxygens (including phenoxy) is 1. The Morgan fingerprint density at radius 1 is 1.40 bits per heavy atom. The Morgan fingerprint density at radius 3 is 2.85 bits per heavy atom. The third-order valence-corrected chi connectivity index (χ3v) is 3.12. The molecule has 0 aliphatic heterocycles. The Labute approximate surface area is 122 Å². The van der Waals surface area contributed by atoms with E-state index >= 15 is 0 Å². The second kappa shape index (κ2) is 6.48. The lowest BCUT2D eigenvalue weighted by Gasteiger charge is -2.16. The van der Waals surface area contributed by atoms with Crippen LogP contribution in [0.5, 0.6) is 5.75 Å². The minimum absolute atomic E-state index is 0.0142. The highest BCUT2D eigenvalue weighted by Crippen LogP contribution is 2.21. The molecule has 1 aromatic heterocycles. The average Bonchev–Trinajstić information content (AvgIpc) is 2.90. The van der Waals surface area contributed by atoms with Gasteiger partial charge in [-0.25, -0.2) is 0 Å². The fraction of sp³-hybridized carbons (Fsp3) is 0.267. The van der Waals surface area contributed by atoms with Crippen LogP contribution < -0.4 is 4.74 Å². The number of hydrogen-bond donors (Lipinski definition) is 0. The second-order valence-corrected chi connectivity index (χ2v) is 4.96. The molecule has 0 radical (unpaired) electrons. The molecule has 0 N–H and O–H groups in total. The maximum absolute atomic E-state index is 12.0. The minimum atomic E-state index is -0.115. The summed E-state index contributed by atoms with van der Waals surface area (Å²) in [6.45, 7) is 2.30. The van der Waals surface area contributed by atoms with Crippen LogP contribution in [0.25, 0.3) is 0 Å². The van der Waals surface area contributed by atoms with Gasteiger partial charge in [-0.2, -0.15) is 0 Å². The Kier molecular flexibility index (Phi) is 4.69. The zero-order valence-electron chi connectivity index (χ0n) is 11.4. The molecule has 2 rings (SSSR count). The van der Waals surface area contributed by atoms with Gasteiger partial charge in [0.15, 0.2) is 6.61 Å². The number of aryl methyl sites for hydroxylation is 1. The van der Waals surface area contributed by atoms with Crippen molar-refractivity contribution in [2.75, 3.05) is 13.7 Å². The summed E-state index contributed by atoms with van der Waals surface area (Å²) in [5.74, 6) is 1.29. The van der Waals surface area contributed by atoms with E-state index in [0.717, 1.165) is 11.3 Å². The molecule has 20 heavy (non-hydrogen) atoms. The molecular formula is C15H16ClNO3. The van der Waals surface area contributed by atoms with Crippen molar-refractivity contribution in [1.29, 1.82) is 0 Å². The number of furan rings is 1. The van der Waals surface area contributed by atoms with Crippen LogP contribution in [-0.4, -0.2) is 24.5 Å². The van der Waals surface area contributed by atoms with E-state index in [2.05, 4.69) is 0 Å². The van der Waals surface area contributed by atoms with E-state index in [1.54, 1.807) is 42.5 Å². The monoisotopic (exact) mass is 293 g/mol. The van der Waals surface area contributed by atoms with E-state index in [9.17, 15) is 4.79 Å². The highest BCUT2D eigenvalue weighted by molar-refractivity contribution is 6.30. The van der Waals surface area contributed by atoms with E-state index < -0.39 is 0 Å². The van der Waals surface area contributed by atoms with Crippen molar-refractivity contribution >= 4 is 17.5 Å². The Bertz CT molecular complexity index is 581. The van der Waals surface area contributed by atoms with Crippen molar-refractivity contribution in [1.82, 2.24) is 4.90 Å². The lowest BCUT2D eigenvalue weighted by molar-refractivity contribution is -0.132. The van der Waals surface area contributed by atoms with Crippen LogP contribution in [0.2, 0.25) is 5.02 Å². The van der Waals surface area contributed by atoms with Gasteiger partial charge in [0, 0.05) is 12.1 Å². The maximum Gasteiger partial charge on any atom is 0.260 e. The zero-order chi connectivity index (χ0) is 14.5. The predicted octanol–water partition coefficient (Wildman–Crippen LogP) is 3.28. The summed E-state index contributed by atoms with van der Waals surface area (Å²) in [5.41, 5.74) is 0.902. The van der Waals surface area contributed by atoms with Gasteiger partial charge in [0.2, 0.25) is 0 Å². The first-order valence-electron chi connectivity index (χ1n) is 6.21. The molecule has 0 saturated heterocycles. The number of halogens is 1. The molecule has 0 saturated carbocycles. The molecule has 0 atom stereocenters. The smallest absolute Gasteiger partial charge is 0.260 e. The SMILES string of the molecule is Cc1cc(Cl)ccc1OCC(=O)N(C)Cc1ccco1. The highest BCUT2D eigenvalue weighted by atomic mass is 35.5. The highest BCUT2D eigenvalue weighted by Gasteiger charge is 2.12. The van der Waals surface area contributed by atoms with E-state index in [1.165, 1.54) is 0 Å². The van der Waals surface area contributed by atoms with Crippen LogP contribution >= 0.6 is 11.6 Å². The molecular weight excluding hydrogens is 278 g/mol. The molecule has 4 nitrogen and oxygen atoms in total. The van der Waals surface area contributed by atoms with Gasteiger partial charge in [0.1, 0.15) is 11.5 Å². The van der Waals surface area contributed by atoms with Crippen molar-refractivity contribution in [2.24, 2.45) is 0 Å². The molecule has 0 unspecified atom stereocenters. The normalized spacial score (nSPS) is 10.3. The molecule has 5 heteroatoms. The van der Waals surface area contributed by atoms with Crippen LogP contribution in [0.3, 0.4) is 0 Å². The van der Waals surface area contributed by atoms with Crippen molar-refractivity contribution in [3.63, 3.8) is 0 Å². The number of carbonyl (C=O) groups excluding carboxylic acids is 1. The summed E-state index contributed by atoms with van der Waals surface area (Å²) in [7, 11) is 1.71. The van der Waals surface area contributed by atoms with E-state index in [4.69, 9.17) is 20.8 Å². The fourth-order valence-corrected chi connectivity index (χ4v) is 1.98. The lowest BCUT2D eigenvalue weighted by Crippen LogP contribution is -2.30. The van der Waals surface area contributed by atoms with Crippen LogP contribution in [0.15, 0.2) is 41.0 Å². The zero-order valence-corrected chi connectivity index (χ0v) is 12.2. The summed E-state index contributed by atoms with van der Waals surface area (Å²) in [5, 5.41) is 0.649. The second-order valence-electron chi connectivity index (χ2n) is 4.53. The first-order valence-corrected chi connectivity index (χ1v) is 6.59. The summed E-state index contributed by atoms with van der Waals surface area (Å²) in [6, 6.07) is 8.92. The van der Waals surface area contributed by atoms with Gasteiger partial charge < -0.3 is 14.1 Å². The summed E-state index contributed by atoms with van der Waals surface area (Å²) in [4.78, 5) is 13.5. The third-order valence-electron chi connectivity index (χ3n) is 2.89. The largest absolute Gasteiger partial charge is 0.483 e. The van der Waals surface area contributed by atoms with E-state index in [1.807, 2.05) is 13.0 Å². The molecule has 1 heterocycles. The van der Waals surface area contributed by atoms with Gasteiger partial charge in [-0.3, -0.25) is 4.79 Å². The molecule has 1 amide bonds. The quantitative estimate of drug-likeness (QED) is 0.849. The first kappa shape index (κ1) is 14.5. The Hall–Kier alpha value is -1.94. The number of amides is 1. The van der Waals surface area contributed by atoms with Crippen molar-refractivity contribution < 1.29 is 13.9 Å². The Morgan fingerprint density at radius 2 is 2.20 bits per heavy atom. The third kappa shape index (κ3) is 3.78. The first-order chi connectivity index (χ1) is 9.56.